The summed E-state index contributed by atoms with van der Waals surface area (Å²) in [5, 5.41) is 25.9. The Morgan fingerprint density at radius 2 is 2.28 bits per heavy atom. The Kier molecular flexibility index (Phi) is 5.06. The Bertz CT molecular complexity index is 419. The Hall–Kier alpha value is -2.16. The van der Waals surface area contributed by atoms with Gasteiger partial charge in [0.2, 0.25) is 0 Å². The molecule has 1 aromatic heterocycles. The van der Waals surface area contributed by atoms with Gasteiger partial charge in [0, 0.05) is 20.0 Å². The van der Waals surface area contributed by atoms with E-state index in [-0.39, 0.29) is 6.54 Å². The molecular formula is C9H15N5O4. The first-order chi connectivity index (χ1) is 8.52. The number of rotatable bonds is 6. The molecular weight excluding hydrogens is 242 g/mol. The summed E-state index contributed by atoms with van der Waals surface area (Å²) in [6.45, 7) is -0.391. The highest BCUT2D eigenvalue weighted by Crippen LogP contribution is 1.88. The van der Waals surface area contributed by atoms with Crippen molar-refractivity contribution in [2.45, 2.75) is 12.5 Å². The maximum atomic E-state index is 11.3. The minimum atomic E-state index is -1.31. The van der Waals surface area contributed by atoms with Crippen LogP contribution in [0.2, 0.25) is 0 Å². The van der Waals surface area contributed by atoms with Gasteiger partial charge >= 0.3 is 12.0 Å². The number of nitrogens with one attached hydrogen (secondary N) is 2. The topological polar surface area (TPSA) is 129 Å². The van der Waals surface area contributed by atoms with Crippen molar-refractivity contribution in [3.8, 4) is 0 Å². The van der Waals surface area contributed by atoms with Crippen LogP contribution < -0.4 is 10.6 Å². The number of urea groups is 1. The Morgan fingerprint density at radius 3 is 2.78 bits per heavy atom. The van der Waals surface area contributed by atoms with E-state index in [4.69, 9.17) is 10.2 Å². The summed E-state index contributed by atoms with van der Waals surface area (Å²) in [4.78, 5) is 25.8. The van der Waals surface area contributed by atoms with E-state index in [1.54, 1.807) is 18.1 Å². The number of hydrogen-bond donors (Lipinski definition) is 4. The van der Waals surface area contributed by atoms with E-state index in [2.05, 4.69) is 20.7 Å². The molecule has 0 aliphatic heterocycles. The van der Waals surface area contributed by atoms with E-state index in [9.17, 15) is 9.59 Å². The number of aliphatic carboxylic acids is 1. The van der Waals surface area contributed by atoms with Gasteiger partial charge in [0.25, 0.3) is 0 Å². The first-order valence-corrected chi connectivity index (χ1v) is 5.25. The maximum Gasteiger partial charge on any atom is 0.328 e. The van der Waals surface area contributed by atoms with E-state index in [1.807, 2.05) is 0 Å². The van der Waals surface area contributed by atoms with Crippen LogP contribution in [0, 0.1) is 0 Å². The highest BCUT2D eigenvalue weighted by atomic mass is 16.4. The maximum absolute atomic E-state index is 11.3. The third kappa shape index (κ3) is 4.37. The van der Waals surface area contributed by atoms with Crippen LogP contribution in [0.25, 0.3) is 0 Å². The Balaban J connectivity index is 2.26. The highest BCUT2D eigenvalue weighted by molar-refractivity contribution is 5.82. The summed E-state index contributed by atoms with van der Waals surface area (Å²) in [6, 6.07) is -1.97. The molecule has 100 valence electrons. The third-order valence-corrected chi connectivity index (χ3v) is 2.07. The van der Waals surface area contributed by atoms with Crippen LogP contribution >= 0.6 is 0 Å². The molecule has 1 aromatic rings. The summed E-state index contributed by atoms with van der Waals surface area (Å²) < 4.78 is 1.54. The molecule has 1 rings (SSSR count). The van der Waals surface area contributed by atoms with Gasteiger partial charge in [0.1, 0.15) is 6.33 Å². The van der Waals surface area contributed by atoms with Crippen molar-refractivity contribution in [3.63, 3.8) is 0 Å². The predicted octanol–water partition coefficient (Wildman–Crippen LogP) is -1.90. The van der Waals surface area contributed by atoms with Crippen molar-refractivity contribution in [1.82, 2.24) is 25.4 Å². The quantitative estimate of drug-likeness (QED) is 0.471. The largest absolute Gasteiger partial charge is 0.480 e. The van der Waals surface area contributed by atoms with E-state index in [0.29, 0.717) is 12.2 Å². The molecule has 9 nitrogen and oxygen atoms in total. The molecule has 18 heavy (non-hydrogen) atoms. The molecule has 0 saturated carbocycles. The lowest BCUT2D eigenvalue weighted by Gasteiger charge is -2.12. The predicted molar refractivity (Wildman–Crippen MR) is 59.8 cm³/mol. The van der Waals surface area contributed by atoms with Crippen molar-refractivity contribution in [1.29, 1.82) is 0 Å². The summed E-state index contributed by atoms with van der Waals surface area (Å²) >= 11 is 0. The molecule has 0 saturated heterocycles. The summed E-state index contributed by atoms with van der Waals surface area (Å²) in [7, 11) is 1.73. The summed E-state index contributed by atoms with van der Waals surface area (Å²) in [5.74, 6) is -0.714. The normalized spacial score (nSPS) is 11.9. The van der Waals surface area contributed by atoms with Crippen molar-refractivity contribution < 1.29 is 19.8 Å². The highest BCUT2D eigenvalue weighted by Gasteiger charge is 2.18. The monoisotopic (exact) mass is 257 g/mol. The Labute approximate surface area is 103 Å². The fourth-order valence-electron chi connectivity index (χ4n) is 1.18. The number of amides is 2. The standard InChI is InChI=1S/C9H15N5O4/c1-14-5-11-7(13-14)2-3-10-9(18)12-6(4-15)8(16)17/h5-6,15H,2-4H2,1H3,(H,16,17)(H2,10,12,18)/t6-/m1/s1. The zero-order valence-electron chi connectivity index (χ0n) is 9.83. The van der Waals surface area contributed by atoms with E-state index in [0.717, 1.165) is 0 Å². The van der Waals surface area contributed by atoms with Crippen LogP contribution in [0.1, 0.15) is 5.82 Å². The van der Waals surface area contributed by atoms with Crippen LogP contribution in [-0.4, -0.2) is 56.2 Å². The van der Waals surface area contributed by atoms with Crippen molar-refractivity contribution in [2.24, 2.45) is 7.05 Å². The lowest BCUT2D eigenvalue weighted by molar-refractivity contribution is -0.140. The van der Waals surface area contributed by atoms with Gasteiger partial charge in [-0.05, 0) is 0 Å². The molecule has 0 fully saturated rings. The molecule has 0 radical (unpaired) electrons. The van der Waals surface area contributed by atoms with Crippen molar-refractivity contribution in [3.05, 3.63) is 12.2 Å². The van der Waals surface area contributed by atoms with Crippen LogP contribution in [0.5, 0.6) is 0 Å². The number of carboxylic acids is 1. The molecule has 0 unspecified atom stereocenters. The number of carboxylic acid groups (broad SMARTS) is 1. The second-order valence-electron chi connectivity index (χ2n) is 3.56. The number of aliphatic hydroxyl groups excluding tert-OH is 1. The van der Waals surface area contributed by atoms with Gasteiger partial charge in [0.05, 0.1) is 6.61 Å². The summed E-state index contributed by atoms with van der Waals surface area (Å²) in [5.41, 5.74) is 0. The molecule has 0 spiro atoms. The van der Waals surface area contributed by atoms with Gasteiger partial charge in [-0.2, -0.15) is 5.10 Å². The smallest absolute Gasteiger partial charge is 0.328 e. The van der Waals surface area contributed by atoms with Crippen LogP contribution in [0.15, 0.2) is 6.33 Å². The van der Waals surface area contributed by atoms with Gasteiger partial charge in [-0.3, -0.25) is 4.68 Å². The Morgan fingerprint density at radius 1 is 1.56 bits per heavy atom. The molecule has 9 heteroatoms. The number of carbonyl (C=O) groups is 2. The molecule has 1 atom stereocenters. The lowest BCUT2D eigenvalue weighted by Crippen LogP contribution is -2.48. The van der Waals surface area contributed by atoms with Crippen LogP contribution in [0.4, 0.5) is 4.79 Å². The molecule has 2 amide bonds. The minimum absolute atomic E-state index is 0.271. The molecule has 0 aromatic carbocycles. The van der Waals surface area contributed by atoms with Crippen LogP contribution in [-0.2, 0) is 18.3 Å². The lowest BCUT2D eigenvalue weighted by atomic mass is 10.3. The fourth-order valence-corrected chi connectivity index (χ4v) is 1.18. The number of aromatic nitrogens is 3. The average Bonchev–Trinajstić information content (AvgIpc) is 2.71. The van der Waals surface area contributed by atoms with Gasteiger partial charge in [-0.1, -0.05) is 0 Å². The zero-order valence-corrected chi connectivity index (χ0v) is 9.83. The SMILES string of the molecule is Cn1cnc(CCNC(=O)N[C@H](CO)C(=O)O)n1. The van der Waals surface area contributed by atoms with E-state index < -0.39 is 24.6 Å². The summed E-state index contributed by atoms with van der Waals surface area (Å²) in [6.07, 6.45) is 1.98. The molecule has 0 aliphatic carbocycles. The first kappa shape index (κ1) is 13.9. The van der Waals surface area contributed by atoms with Crippen LogP contribution in [0.3, 0.4) is 0 Å². The van der Waals surface area contributed by atoms with Gasteiger partial charge in [0.15, 0.2) is 11.9 Å². The van der Waals surface area contributed by atoms with Crippen molar-refractivity contribution >= 4 is 12.0 Å². The van der Waals surface area contributed by atoms with Gasteiger partial charge in [-0.25, -0.2) is 14.6 Å². The molecule has 0 aliphatic rings. The zero-order chi connectivity index (χ0) is 13.5. The minimum Gasteiger partial charge on any atom is -0.480 e. The third-order valence-electron chi connectivity index (χ3n) is 2.07. The number of carbonyl (C=O) groups excluding carboxylic acids is 1. The average molecular weight is 257 g/mol. The van der Waals surface area contributed by atoms with Gasteiger partial charge in [-0.15, -0.1) is 0 Å². The second kappa shape index (κ2) is 6.55. The number of hydrogen-bond acceptors (Lipinski definition) is 5. The van der Waals surface area contributed by atoms with Crippen molar-refractivity contribution in [2.75, 3.05) is 13.2 Å². The van der Waals surface area contributed by atoms with E-state index in [1.165, 1.54) is 0 Å². The fraction of sp³-hybridized carbons (Fsp3) is 0.556. The second-order valence-corrected chi connectivity index (χ2v) is 3.56. The molecule has 1 heterocycles. The number of aliphatic hydroxyl groups is 1. The first-order valence-electron chi connectivity index (χ1n) is 5.25. The molecule has 4 N–H and O–H groups in total. The number of aryl methyl sites for hydroxylation is 1. The molecule has 0 bridgehead atoms. The van der Waals surface area contributed by atoms with E-state index >= 15 is 0 Å². The van der Waals surface area contributed by atoms with Gasteiger partial charge < -0.3 is 20.8 Å². The number of nitrogens with zero attached hydrogens (tertiary/aromatic N) is 3.